The fourth-order valence-corrected chi connectivity index (χ4v) is 3.71. The highest BCUT2D eigenvalue weighted by atomic mass is 79.9. The fourth-order valence-electron chi connectivity index (χ4n) is 1.96. The maximum absolute atomic E-state index is 6.02. The van der Waals surface area contributed by atoms with Crippen LogP contribution in [0.5, 0.6) is 5.88 Å². The molecule has 0 atom stereocenters. The molecular weight excluding hydrogens is 362 g/mol. The maximum Gasteiger partial charge on any atom is 0.223 e. The molecule has 3 aromatic heterocycles. The van der Waals surface area contributed by atoms with Gasteiger partial charge in [0.05, 0.1) is 22.0 Å². The summed E-state index contributed by atoms with van der Waals surface area (Å²) in [5.74, 6) is 0.609. The third-order valence-electron chi connectivity index (χ3n) is 2.84. The molecule has 0 fully saturated rings. The van der Waals surface area contributed by atoms with Crippen LogP contribution in [0.1, 0.15) is 5.56 Å². The molecule has 0 unspecified atom stereocenters. The van der Waals surface area contributed by atoms with Gasteiger partial charge in [-0.25, -0.2) is 15.0 Å². The van der Waals surface area contributed by atoms with E-state index >= 15 is 0 Å². The van der Waals surface area contributed by atoms with Crippen LogP contribution in [0.15, 0.2) is 22.1 Å². The van der Waals surface area contributed by atoms with Gasteiger partial charge >= 0.3 is 0 Å². The van der Waals surface area contributed by atoms with Crippen molar-refractivity contribution < 1.29 is 4.74 Å². The summed E-state index contributed by atoms with van der Waals surface area (Å²) in [6.45, 7) is 1.94. The van der Waals surface area contributed by atoms with E-state index in [4.69, 9.17) is 16.3 Å². The fraction of sp³-hybridized carbons (Fsp3) is 0.154. The normalized spacial score (nSPS) is 11.0. The van der Waals surface area contributed by atoms with Gasteiger partial charge in [0.25, 0.3) is 0 Å². The molecule has 0 saturated carbocycles. The second kappa shape index (κ2) is 5.27. The zero-order valence-electron chi connectivity index (χ0n) is 10.6. The molecule has 4 nitrogen and oxygen atoms in total. The van der Waals surface area contributed by atoms with Crippen LogP contribution >= 0.6 is 38.9 Å². The van der Waals surface area contributed by atoms with Crippen molar-refractivity contribution in [1.29, 1.82) is 0 Å². The van der Waals surface area contributed by atoms with Crippen LogP contribution in [0, 0.1) is 6.92 Å². The summed E-state index contributed by atoms with van der Waals surface area (Å²) in [7, 11) is 1.60. The molecule has 0 bridgehead atoms. The van der Waals surface area contributed by atoms with E-state index in [1.807, 2.05) is 18.4 Å². The molecule has 0 spiro atoms. The van der Waals surface area contributed by atoms with E-state index in [0.717, 1.165) is 31.5 Å². The Morgan fingerprint density at radius 1 is 1.35 bits per heavy atom. The van der Waals surface area contributed by atoms with Crippen molar-refractivity contribution in [1.82, 2.24) is 15.0 Å². The SMILES string of the molecule is COc1ncc(-c2nc(Cl)nc3c(Br)csc23)cc1C. The van der Waals surface area contributed by atoms with E-state index in [1.54, 1.807) is 24.6 Å². The number of methoxy groups -OCH3 is 1. The molecule has 102 valence electrons. The van der Waals surface area contributed by atoms with Gasteiger partial charge in [-0.05, 0) is 40.5 Å². The lowest BCUT2D eigenvalue weighted by Crippen LogP contribution is -1.94. The summed E-state index contributed by atoms with van der Waals surface area (Å²) in [5, 5.41) is 2.20. The van der Waals surface area contributed by atoms with Gasteiger partial charge in [-0.2, -0.15) is 0 Å². The molecule has 0 aliphatic carbocycles. The maximum atomic E-state index is 6.02. The largest absolute Gasteiger partial charge is 0.481 e. The number of ether oxygens (including phenoxy) is 1. The number of nitrogens with zero attached hydrogens (tertiary/aromatic N) is 3. The molecule has 0 saturated heterocycles. The number of hydrogen-bond acceptors (Lipinski definition) is 5. The first-order chi connectivity index (χ1) is 9.60. The summed E-state index contributed by atoms with van der Waals surface area (Å²) < 4.78 is 7.07. The van der Waals surface area contributed by atoms with Crippen LogP contribution < -0.4 is 4.74 Å². The van der Waals surface area contributed by atoms with Crippen molar-refractivity contribution in [3.63, 3.8) is 0 Å². The quantitative estimate of drug-likeness (QED) is 0.624. The molecule has 0 aliphatic heterocycles. The predicted molar refractivity (Wildman–Crippen MR) is 84.6 cm³/mol. The van der Waals surface area contributed by atoms with Gasteiger partial charge < -0.3 is 4.74 Å². The van der Waals surface area contributed by atoms with Crippen molar-refractivity contribution in [3.05, 3.63) is 33.0 Å². The predicted octanol–water partition coefficient (Wildman–Crippen LogP) is 4.49. The van der Waals surface area contributed by atoms with Gasteiger partial charge in [-0.3, -0.25) is 0 Å². The highest BCUT2D eigenvalue weighted by Crippen LogP contribution is 2.36. The average molecular weight is 371 g/mol. The summed E-state index contributed by atoms with van der Waals surface area (Å²) in [6, 6.07) is 1.98. The third-order valence-corrected chi connectivity index (χ3v) is 4.89. The van der Waals surface area contributed by atoms with E-state index in [0.29, 0.717) is 5.88 Å². The molecule has 3 aromatic rings. The topological polar surface area (TPSA) is 47.9 Å². The molecule has 7 heteroatoms. The highest BCUT2D eigenvalue weighted by Gasteiger charge is 2.14. The van der Waals surface area contributed by atoms with E-state index in [2.05, 4.69) is 30.9 Å². The van der Waals surface area contributed by atoms with Crippen LogP contribution in [0.3, 0.4) is 0 Å². The molecule has 3 rings (SSSR count). The Kier molecular flexibility index (Phi) is 3.62. The van der Waals surface area contributed by atoms with Crippen molar-refractivity contribution in [2.75, 3.05) is 7.11 Å². The number of fused-ring (bicyclic) bond motifs is 1. The summed E-state index contributed by atoms with van der Waals surface area (Å²) in [6.07, 6.45) is 1.73. The van der Waals surface area contributed by atoms with E-state index in [9.17, 15) is 0 Å². The Balaban J connectivity index is 2.26. The van der Waals surface area contributed by atoms with Crippen molar-refractivity contribution >= 4 is 49.1 Å². The zero-order valence-corrected chi connectivity index (χ0v) is 13.8. The number of halogens is 2. The van der Waals surface area contributed by atoms with Crippen molar-refractivity contribution in [3.8, 4) is 17.1 Å². The highest BCUT2D eigenvalue weighted by molar-refractivity contribution is 9.10. The number of aryl methyl sites for hydroxylation is 1. The molecule has 0 amide bonds. The standard InChI is InChI=1S/C13H9BrClN3OS/c1-6-3-7(4-16-12(6)19-2)9-11-10(8(14)5-20-11)18-13(15)17-9/h3-5H,1-2H3. The minimum atomic E-state index is 0.222. The Hall–Kier alpha value is -1.24. The molecule has 0 N–H and O–H groups in total. The Bertz CT molecular complexity index is 806. The number of thiophene rings is 1. The minimum Gasteiger partial charge on any atom is -0.481 e. The van der Waals surface area contributed by atoms with Crippen LogP contribution in [0.25, 0.3) is 21.5 Å². The lowest BCUT2D eigenvalue weighted by atomic mass is 10.1. The molecular formula is C13H9BrClN3OS. The smallest absolute Gasteiger partial charge is 0.223 e. The van der Waals surface area contributed by atoms with E-state index < -0.39 is 0 Å². The molecule has 0 aliphatic rings. The third kappa shape index (κ3) is 2.28. The van der Waals surface area contributed by atoms with Gasteiger partial charge in [-0.1, -0.05) is 0 Å². The summed E-state index contributed by atoms with van der Waals surface area (Å²) in [4.78, 5) is 12.9. The number of rotatable bonds is 2. The van der Waals surface area contributed by atoms with Gasteiger partial charge in [0.2, 0.25) is 11.2 Å². The Morgan fingerprint density at radius 2 is 2.15 bits per heavy atom. The first kappa shape index (κ1) is 13.7. The van der Waals surface area contributed by atoms with Gasteiger partial charge in [0.15, 0.2) is 0 Å². The second-order valence-electron chi connectivity index (χ2n) is 4.15. The van der Waals surface area contributed by atoms with E-state index in [1.165, 1.54) is 0 Å². The van der Waals surface area contributed by atoms with Crippen LogP contribution in [0.2, 0.25) is 5.28 Å². The molecule has 3 heterocycles. The van der Waals surface area contributed by atoms with Gasteiger partial charge in [0, 0.05) is 22.7 Å². The minimum absolute atomic E-state index is 0.222. The lowest BCUT2D eigenvalue weighted by molar-refractivity contribution is 0.394. The molecule has 20 heavy (non-hydrogen) atoms. The first-order valence-electron chi connectivity index (χ1n) is 5.71. The summed E-state index contributed by atoms with van der Waals surface area (Å²) in [5.41, 5.74) is 3.45. The van der Waals surface area contributed by atoms with Crippen molar-refractivity contribution in [2.24, 2.45) is 0 Å². The number of aromatic nitrogens is 3. The van der Waals surface area contributed by atoms with Gasteiger partial charge in [0.1, 0.15) is 5.52 Å². The number of pyridine rings is 1. The van der Waals surface area contributed by atoms with Crippen LogP contribution in [0.4, 0.5) is 0 Å². The zero-order chi connectivity index (χ0) is 14.3. The number of hydrogen-bond donors (Lipinski definition) is 0. The summed E-state index contributed by atoms with van der Waals surface area (Å²) >= 11 is 11.1. The molecule has 0 radical (unpaired) electrons. The molecule has 0 aromatic carbocycles. The second-order valence-corrected chi connectivity index (χ2v) is 6.22. The van der Waals surface area contributed by atoms with Crippen LogP contribution in [-0.4, -0.2) is 22.1 Å². The van der Waals surface area contributed by atoms with E-state index in [-0.39, 0.29) is 5.28 Å². The van der Waals surface area contributed by atoms with Crippen LogP contribution in [-0.2, 0) is 0 Å². The first-order valence-corrected chi connectivity index (χ1v) is 7.76. The average Bonchev–Trinajstić information content (AvgIpc) is 2.79. The Labute approximate surface area is 132 Å². The Morgan fingerprint density at radius 3 is 2.85 bits per heavy atom. The van der Waals surface area contributed by atoms with Crippen molar-refractivity contribution in [2.45, 2.75) is 6.92 Å². The van der Waals surface area contributed by atoms with Gasteiger partial charge in [-0.15, -0.1) is 11.3 Å². The lowest BCUT2D eigenvalue weighted by Gasteiger charge is -2.07. The monoisotopic (exact) mass is 369 g/mol.